The van der Waals surface area contributed by atoms with Crippen molar-refractivity contribution in [3.8, 4) is 0 Å². The first-order valence-electron chi connectivity index (χ1n) is 6.88. The molecular weight excluding hydrogens is 303 g/mol. The molecule has 0 radical (unpaired) electrons. The maximum atomic E-state index is 12.9. The molecule has 0 N–H and O–H groups in total. The monoisotopic (exact) mass is 319 g/mol. The minimum Gasteiger partial charge on any atom is -0.311 e. The fourth-order valence-electron chi connectivity index (χ4n) is 2.83. The summed E-state index contributed by atoms with van der Waals surface area (Å²) in [5.41, 5.74) is -0.649. The molecule has 0 bridgehead atoms. The molecule has 0 aliphatic carbocycles. The predicted octanol–water partition coefficient (Wildman–Crippen LogP) is 4.70. The van der Waals surface area contributed by atoms with E-state index in [-0.39, 0.29) is 0 Å². The number of anilines is 1. The SMILES string of the molecule is CCCCN1C(=O)C(C)(CC(F)(F)F)c2ccc(Cl)cc21. The zero-order chi connectivity index (χ0) is 15.8. The highest BCUT2D eigenvalue weighted by Crippen LogP contribution is 2.48. The van der Waals surface area contributed by atoms with E-state index in [0.717, 1.165) is 12.8 Å². The van der Waals surface area contributed by atoms with Gasteiger partial charge in [-0.2, -0.15) is 13.2 Å². The first-order chi connectivity index (χ1) is 9.69. The molecule has 6 heteroatoms. The van der Waals surface area contributed by atoms with Crippen molar-refractivity contribution in [2.24, 2.45) is 0 Å². The highest BCUT2D eigenvalue weighted by Gasteiger charge is 2.52. The first-order valence-corrected chi connectivity index (χ1v) is 7.25. The van der Waals surface area contributed by atoms with E-state index in [2.05, 4.69) is 0 Å². The Labute approximate surface area is 126 Å². The second kappa shape index (κ2) is 5.52. The lowest BCUT2D eigenvalue weighted by atomic mass is 9.80. The Balaban J connectivity index is 2.48. The number of rotatable bonds is 4. The molecule has 1 atom stereocenters. The zero-order valence-corrected chi connectivity index (χ0v) is 12.7. The zero-order valence-electron chi connectivity index (χ0n) is 11.9. The van der Waals surface area contributed by atoms with Crippen molar-refractivity contribution in [1.82, 2.24) is 0 Å². The number of amides is 1. The lowest BCUT2D eigenvalue weighted by molar-refractivity contribution is -0.155. The molecule has 0 saturated carbocycles. The lowest BCUT2D eigenvalue weighted by Gasteiger charge is -2.25. The smallest absolute Gasteiger partial charge is 0.311 e. The molecule has 116 valence electrons. The summed E-state index contributed by atoms with van der Waals surface area (Å²) in [5, 5.41) is 0.416. The van der Waals surface area contributed by atoms with Crippen LogP contribution in [0.25, 0.3) is 0 Å². The van der Waals surface area contributed by atoms with Crippen LogP contribution in [0.15, 0.2) is 18.2 Å². The Bertz CT molecular complexity index is 558. The molecule has 0 fully saturated rings. The summed E-state index contributed by atoms with van der Waals surface area (Å²) in [5.74, 6) is -0.495. The molecule has 1 unspecified atom stereocenters. The Hall–Kier alpha value is -1.23. The number of carbonyl (C=O) groups excluding carboxylic acids is 1. The molecule has 2 nitrogen and oxygen atoms in total. The summed E-state index contributed by atoms with van der Waals surface area (Å²) >= 11 is 5.94. The van der Waals surface area contributed by atoms with E-state index in [1.54, 1.807) is 6.07 Å². The summed E-state index contributed by atoms with van der Waals surface area (Å²) in [6.07, 6.45) is -3.96. The lowest BCUT2D eigenvalue weighted by Crippen LogP contribution is -2.41. The van der Waals surface area contributed by atoms with Crippen molar-refractivity contribution in [3.05, 3.63) is 28.8 Å². The van der Waals surface area contributed by atoms with Crippen LogP contribution in [0.3, 0.4) is 0 Å². The van der Waals surface area contributed by atoms with Crippen LogP contribution in [0.2, 0.25) is 5.02 Å². The predicted molar refractivity (Wildman–Crippen MR) is 76.7 cm³/mol. The summed E-state index contributed by atoms with van der Waals surface area (Å²) < 4.78 is 38.6. The third kappa shape index (κ3) is 3.03. The van der Waals surface area contributed by atoms with Gasteiger partial charge in [-0.1, -0.05) is 31.0 Å². The van der Waals surface area contributed by atoms with Gasteiger partial charge in [0, 0.05) is 17.3 Å². The molecule has 21 heavy (non-hydrogen) atoms. The fraction of sp³-hybridized carbons (Fsp3) is 0.533. The van der Waals surface area contributed by atoms with Gasteiger partial charge in [-0.3, -0.25) is 4.79 Å². The molecule has 2 rings (SSSR count). The number of carbonyl (C=O) groups is 1. The second-order valence-corrected chi connectivity index (χ2v) is 6.03. The molecule has 0 saturated heterocycles. The third-order valence-electron chi connectivity index (χ3n) is 3.85. The van der Waals surface area contributed by atoms with E-state index in [9.17, 15) is 18.0 Å². The number of unbranched alkanes of at least 4 members (excludes halogenated alkanes) is 1. The summed E-state index contributed by atoms with van der Waals surface area (Å²) in [6, 6.07) is 4.64. The average molecular weight is 320 g/mol. The Kier molecular flexibility index (Phi) is 4.24. The quantitative estimate of drug-likeness (QED) is 0.788. The van der Waals surface area contributed by atoms with Crippen LogP contribution in [-0.2, 0) is 10.2 Å². The molecule has 0 aromatic heterocycles. The number of hydrogen-bond acceptors (Lipinski definition) is 1. The fourth-order valence-corrected chi connectivity index (χ4v) is 2.99. The van der Waals surface area contributed by atoms with Gasteiger partial charge in [-0.05, 0) is 31.0 Å². The second-order valence-electron chi connectivity index (χ2n) is 5.60. The normalized spacial score (nSPS) is 21.8. The largest absolute Gasteiger partial charge is 0.390 e. The van der Waals surface area contributed by atoms with E-state index in [1.807, 2.05) is 6.92 Å². The highest BCUT2D eigenvalue weighted by molar-refractivity contribution is 6.31. The van der Waals surface area contributed by atoms with Crippen LogP contribution in [-0.4, -0.2) is 18.6 Å². The Morgan fingerprint density at radius 2 is 2.00 bits per heavy atom. The molecule has 1 aromatic carbocycles. The van der Waals surface area contributed by atoms with Crippen molar-refractivity contribution < 1.29 is 18.0 Å². The molecule has 1 aliphatic rings. The van der Waals surface area contributed by atoms with Crippen LogP contribution in [0.1, 0.15) is 38.7 Å². The van der Waals surface area contributed by atoms with Crippen molar-refractivity contribution in [1.29, 1.82) is 0 Å². The van der Waals surface area contributed by atoms with Crippen LogP contribution >= 0.6 is 11.6 Å². The van der Waals surface area contributed by atoms with Crippen LogP contribution < -0.4 is 4.90 Å². The van der Waals surface area contributed by atoms with Crippen molar-refractivity contribution >= 4 is 23.2 Å². The number of halogens is 4. The molecular formula is C15H17ClF3NO. The minimum atomic E-state index is -4.40. The maximum Gasteiger partial charge on any atom is 0.390 e. The van der Waals surface area contributed by atoms with E-state index in [1.165, 1.54) is 24.0 Å². The number of benzene rings is 1. The number of hydrogen-bond donors (Lipinski definition) is 0. The van der Waals surface area contributed by atoms with Crippen molar-refractivity contribution in [2.45, 2.75) is 44.7 Å². The van der Waals surface area contributed by atoms with E-state index in [0.29, 0.717) is 22.8 Å². The highest BCUT2D eigenvalue weighted by atomic mass is 35.5. The van der Waals surface area contributed by atoms with Gasteiger partial charge in [0.1, 0.15) is 0 Å². The third-order valence-corrected chi connectivity index (χ3v) is 4.09. The molecule has 1 amide bonds. The van der Waals surface area contributed by atoms with Gasteiger partial charge in [0.05, 0.1) is 11.8 Å². The van der Waals surface area contributed by atoms with Gasteiger partial charge >= 0.3 is 6.18 Å². The van der Waals surface area contributed by atoms with Gasteiger partial charge in [0.15, 0.2) is 0 Å². The van der Waals surface area contributed by atoms with Crippen molar-refractivity contribution in [2.75, 3.05) is 11.4 Å². The molecule has 1 heterocycles. The topological polar surface area (TPSA) is 20.3 Å². The van der Waals surface area contributed by atoms with Gasteiger partial charge in [-0.15, -0.1) is 0 Å². The Morgan fingerprint density at radius 1 is 1.33 bits per heavy atom. The number of fused-ring (bicyclic) bond motifs is 1. The van der Waals surface area contributed by atoms with E-state index in [4.69, 9.17) is 11.6 Å². The van der Waals surface area contributed by atoms with Gasteiger partial charge in [-0.25, -0.2) is 0 Å². The van der Waals surface area contributed by atoms with E-state index >= 15 is 0 Å². The maximum absolute atomic E-state index is 12.9. The van der Waals surface area contributed by atoms with Crippen LogP contribution in [0, 0.1) is 0 Å². The number of alkyl halides is 3. The van der Waals surface area contributed by atoms with Crippen molar-refractivity contribution in [3.63, 3.8) is 0 Å². The van der Waals surface area contributed by atoms with E-state index < -0.39 is 23.9 Å². The van der Waals surface area contributed by atoms with Gasteiger partial charge < -0.3 is 4.90 Å². The van der Waals surface area contributed by atoms with Crippen LogP contribution in [0.5, 0.6) is 0 Å². The summed E-state index contributed by atoms with van der Waals surface area (Å²) in [7, 11) is 0. The molecule has 1 aliphatic heterocycles. The average Bonchev–Trinajstić information content (AvgIpc) is 2.54. The Morgan fingerprint density at radius 3 is 2.57 bits per heavy atom. The van der Waals surface area contributed by atoms with Gasteiger partial charge in [0.25, 0.3) is 0 Å². The standard InChI is InChI=1S/C15H17ClF3NO/c1-3-4-7-20-12-8-10(16)5-6-11(12)14(2,13(20)21)9-15(17,18)19/h5-6,8H,3-4,7,9H2,1-2H3. The van der Waals surface area contributed by atoms with Gasteiger partial charge in [0.2, 0.25) is 5.91 Å². The summed E-state index contributed by atoms with van der Waals surface area (Å²) in [6.45, 7) is 3.74. The molecule has 1 aromatic rings. The number of nitrogens with zero attached hydrogens (tertiary/aromatic N) is 1. The molecule has 0 spiro atoms. The summed E-state index contributed by atoms with van der Waals surface area (Å²) in [4.78, 5) is 14.0. The van der Waals surface area contributed by atoms with Crippen LogP contribution in [0.4, 0.5) is 18.9 Å². The first kappa shape index (κ1) is 16.1. The minimum absolute atomic E-state index is 0.408.